The van der Waals surface area contributed by atoms with Crippen LogP contribution in [0.1, 0.15) is 0 Å². The molecule has 1 aromatic heterocycles. The fraction of sp³-hybridized carbons (Fsp3) is 0.200. The molecule has 7 heavy (non-hydrogen) atoms. The van der Waals surface area contributed by atoms with E-state index in [0.29, 0.717) is 0 Å². The molecule has 1 aromatic rings. The van der Waals surface area contributed by atoms with E-state index in [2.05, 4.69) is 6.20 Å². The van der Waals surface area contributed by atoms with Gasteiger partial charge in [0.1, 0.15) is 5.15 Å². The molecular weight excluding hydrogens is 110 g/mol. The van der Waals surface area contributed by atoms with Crippen LogP contribution in [-0.2, 0) is 7.05 Å². The summed E-state index contributed by atoms with van der Waals surface area (Å²) in [5.41, 5.74) is 0. The maximum Gasteiger partial charge on any atom is 0.109 e. The van der Waals surface area contributed by atoms with E-state index in [1.807, 2.05) is 7.05 Å². The molecule has 1 rings (SSSR count). The predicted molar refractivity (Wildman–Crippen MR) is 29.3 cm³/mol. The maximum absolute atomic E-state index is 5.56. The third kappa shape index (κ3) is 0.775. The van der Waals surface area contributed by atoms with Crippen LogP contribution in [0.3, 0.4) is 0 Å². The van der Waals surface area contributed by atoms with Crippen LogP contribution in [-0.4, -0.2) is 4.57 Å². The van der Waals surface area contributed by atoms with Crippen molar-refractivity contribution in [2.24, 2.45) is 7.05 Å². The molecule has 37 valence electrons. The molecule has 1 nitrogen and oxygen atoms in total. The highest BCUT2D eigenvalue weighted by molar-refractivity contribution is 6.29. The van der Waals surface area contributed by atoms with E-state index < -0.39 is 0 Å². The Morgan fingerprint density at radius 1 is 1.86 bits per heavy atom. The summed E-state index contributed by atoms with van der Waals surface area (Å²) in [6.45, 7) is 0. The molecule has 0 atom stereocenters. The summed E-state index contributed by atoms with van der Waals surface area (Å²) in [5.74, 6) is 0. The molecule has 0 amide bonds. The van der Waals surface area contributed by atoms with Crippen molar-refractivity contribution in [3.05, 3.63) is 23.5 Å². The van der Waals surface area contributed by atoms with Gasteiger partial charge in [0, 0.05) is 7.05 Å². The second kappa shape index (κ2) is 1.58. The SMILES string of the molecule is Cn1[c]ccc1Cl. The summed E-state index contributed by atoms with van der Waals surface area (Å²) < 4.78 is 1.72. The van der Waals surface area contributed by atoms with Crippen LogP contribution in [0, 0.1) is 6.20 Å². The first kappa shape index (κ1) is 4.72. The van der Waals surface area contributed by atoms with E-state index >= 15 is 0 Å². The van der Waals surface area contributed by atoms with Crippen molar-refractivity contribution in [3.8, 4) is 0 Å². The summed E-state index contributed by atoms with van der Waals surface area (Å²) in [4.78, 5) is 0. The number of hydrogen-bond donors (Lipinski definition) is 0. The smallest absolute Gasteiger partial charge is 0.109 e. The van der Waals surface area contributed by atoms with Crippen LogP contribution in [0.25, 0.3) is 0 Å². The van der Waals surface area contributed by atoms with E-state index in [-0.39, 0.29) is 0 Å². The van der Waals surface area contributed by atoms with Crippen LogP contribution in [0.5, 0.6) is 0 Å². The second-order valence-corrected chi connectivity index (χ2v) is 1.73. The number of halogens is 1. The standard InChI is InChI=1S/C5H5ClN/c1-7-4-2-3-5(7)6/h2-3H,1H3. The van der Waals surface area contributed by atoms with E-state index in [1.54, 1.807) is 16.7 Å². The Balaban J connectivity index is 3.12. The first-order valence-corrected chi connectivity index (χ1v) is 2.37. The molecule has 0 spiro atoms. The highest BCUT2D eigenvalue weighted by atomic mass is 35.5. The van der Waals surface area contributed by atoms with E-state index in [9.17, 15) is 0 Å². The van der Waals surface area contributed by atoms with Gasteiger partial charge in [0.25, 0.3) is 0 Å². The average molecular weight is 115 g/mol. The summed E-state index contributed by atoms with van der Waals surface area (Å²) in [6.07, 6.45) is 2.85. The Kier molecular flexibility index (Phi) is 1.07. The lowest BCUT2D eigenvalue weighted by Crippen LogP contribution is -1.80. The van der Waals surface area contributed by atoms with Gasteiger partial charge in [0.05, 0.1) is 6.20 Å². The summed E-state index contributed by atoms with van der Waals surface area (Å²) in [7, 11) is 1.85. The molecule has 0 N–H and O–H groups in total. The number of aromatic nitrogens is 1. The highest BCUT2D eigenvalue weighted by Crippen LogP contribution is 2.04. The van der Waals surface area contributed by atoms with Crippen molar-refractivity contribution in [1.82, 2.24) is 4.57 Å². The number of rotatable bonds is 0. The lowest BCUT2D eigenvalue weighted by Gasteiger charge is -1.86. The zero-order valence-corrected chi connectivity index (χ0v) is 4.74. The molecule has 0 aliphatic rings. The molecule has 0 saturated carbocycles. The molecule has 0 fully saturated rings. The molecular formula is C5H5ClN. The predicted octanol–water partition coefficient (Wildman–Crippen LogP) is 1.48. The Labute approximate surface area is 47.5 Å². The molecule has 1 radical (unpaired) electrons. The number of nitrogens with zero attached hydrogens (tertiary/aromatic N) is 1. The molecule has 1 heterocycles. The summed E-state index contributed by atoms with van der Waals surface area (Å²) in [6, 6.07) is 3.57. The van der Waals surface area contributed by atoms with Gasteiger partial charge in [-0.25, -0.2) is 0 Å². The fourth-order valence-corrected chi connectivity index (χ4v) is 0.503. The lowest BCUT2D eigenvalue weighted by molar-refractivity contribution is 0.920. The molecule has 0 bridgehead atoms. The van der Waals surface area contributed by atoms with Gasteiger partial charge in [-0.3, -0.25) is 0 Å². The monoisotopic (exact) mass is 114 g/mol. The summed E-state index contributed by atoms with van der Waals surface area (Å²) in [5, 5.41) is 0.722. The Hall–Kier alpha value is -0.430. The first-order valence-electron chi connectivity index (χ1n) is 1.99. The molecule has 0 unspecified atom stereocenters. The summed E-state index contributed by atoms with van der Waals surface area (Å²) >= 11 is 5.56. The zero-order chi connectivity index (χ0) is 5.28. The quantitative estimate of drug-likeness (QED) is 0.482. The minimum Gasteiger partial charge on any atom is -0.334 e. The van der Waals surface area contributed by atoms with E-state index in [1.165, 1.54) is 0 Å². The van der Waals surface area contributed by atoms with Gasteiger partial charge in [-0.1, -0.05) is 11.6 Å². The lowest BCUT2D eigenvalue weighted by atomic mass is 10.7. The van der Waals surface area contributed by atoms with Crippen LogP contribution in [0.4, 0.5) is 0 Å². The van der Waals surface area contributed by atoms with Crippen LogP contribution >= 0.6 is 11.6 Å². The van der Waals surface area contributed by atoms with Crippen LogP contribution < -0.4 is 0 Å². The largest absolute Gasteiger partial charge is 0.334 e. The van der Waals surface area contributed by atoms with Crippen molar-refractivity contribution < 1.29 is 0 Å². The minimum atomic E-state index is 0.722. The molecule has 0 saturated heterocycles. The van der Waals surface area contributed by atoms with Gasteiger partial charge in [0.15, 0.2) is 0 Å². The van der Waals surface area contributed by atoms with Gasteiger partial charge < -0.3 is 4.57 Å². The Morgan fingerprint density at radius 2 is 2.57 bits per heavy atom. The normalized spacial score (nSPS) is 9.43. The third-order valence-corrected chi connectivity index (χ3v) is 1.19. The van der Waals surface area contributed by atoms with Gasteiger partial charge in [-0.15, -0.1) is 0 Å². The van der Waals surface area contributed by atoms with Gasteiger partial charge >= 0.3 is 0 Å². The van der Waals surface area contributed by atoms with Crippen LogP contribution in [0.15, 0.2) is 12.1 Å². The second-order valence-electron chi connectivity index (χ2n) is 1.34. The molecule has 0 aliphatic carbocycles. The number of hydrogen-bond acceptors (Lipinski definition) is 0. The highest BCUT2D eigenvalue weighted by Gasteiger charge is 1.85. The Bertz CT molecular complexity index is 140. The van der Waals surface area contributed by atoms with Gasteiger partial charge in [-0.05, 0) is 12.1 Å². The van der Waals surface area contributed by atoms with Gasteiger partial charge in [-0.2, -0.15) is 0 Å². The molecule has 0 aliphatic heterocycles. The third-order valence-electron chi connectivity index (χ3n) is 0.809. The minimum absolute atomic E-state index is 0.722. The van der Waals surface area contributed by atoms with Crippen LogP contribution in [0.2, 0.25) is 5.15 Å². The van der Waals surface area contributed by atoms with Gasteiger partial charge in [0.2, 0.25) is 0 Å². The molecule has 2 heteroatoms. The van der Waals surface area contributed by atoms with Crippen molar-refractivity contribution in [3.63, 3.8) is 0 Å². The van der Waals surface area contributed by atoms with Crippen molar-refractivity contribution >= 4 is 11.6 Å². The van der Waals surface area contributed by atoms with E-state index in [4.69, 9.17) is 11.6 Å². The maximum atomic E-state index is 5.56. The first-order chi connectivity index (χ1) is 3.30. The van der Waals surface area contributed by atoms with E-state index in [0.717, 1.165) is 5.15 Å². The fourth-order valence-electron chi connectivity index (χ4n) is 0.391. The van der Waals surface area contributed by atoms with Crippen molar-refractivity contribution in [2.75, 3.05) is 0 Å². The average Bonchev–Trinajstić information content (AvgIpc) is 1.91. The Morgan fingerprint density at radius 3 is 2.71 bits per heavy atom. The zero-order valence-electron chi connectivity index (χ0n) is 3.98. The van der Waals surface area contributed by atoms with Crippen molar-refractivity contribution in [1.29, 1.82) is 0 Å². The van der Waals surface area contributed by atoms with Crippen molar-refractivity contribution in [2.45, 2.75) is 0 Å². The topological polar surface area (TPSA) is 4.93 Å². The molecule has 0 aromatic carbocycles. The number of aryl methyl sites for hydroxylation is 1.